The predicted molar refractivity (Wildman–Crippen MR) is 99.7 cm³/mol. The molecule has 0 unspecified atom stereocenters. The lowest BCUT2D eigenvalue weighted by molar-refractivity contribution is -0.137. The van der Waals surface area contributed by atoms with E-state index in [1.54, 1.807) is 12.1 Å². The van der Waals surface area contributed by atoms with Crippen LogP contribution in [0.5, 0.6) is 5.75 Å². The second-order valence-corrected chi connectivity index (χ2v) is 6.18. The highest BCUT2D eigenvalue weighted by atomic mass is 19.4. The molecular formula is C21H14F3NO3. The van der Waals surface area contributed by atoms with E-state index in [-0.39, 0.29) is 5.56 Å². The largest absolute Gasteiger partial charge is 0.495 e. The van der Waals surface area contributed by atoms with Crippen LogP contribution in [0, 0.1) is 0 Å². The van der Waals surface area contributed by atoms with Gasteiger partial charge in [-0.15, -0.1) is 0 Å². The molecule has 1 aromatic heterocycles. The van der Waals surface area contributed by atoms with Crippen molar-refractivity contribution in [1.82, 2.24) is 0 Å². The van der Waals surface area contributed by atoms with E-state index in [1.807, 2.05) is 24.3 Å². The average molecular weight is 385 g/mol. The van der Waals surface area contributed by atoms with Crippen LogP contribution in [0.3, 0.4) is 0 Å². The zero-order valence-electron chi connectivity index (χ0n) is 14.6. The van der Waals surface area contributed by atoms with Gasteiger partial charge in [0.05, 0.1) is 18.4 Å². The highest BCUT2D eigenvalue weighted by Crippen LogP contribution is 2.36. The van der Waals surface area contributed by atoms with Gasteiger partial charge in [0.25, 0.3) is 5.91 Å². The van der Waals surface area contributed by atoms with Crippen LogP contribution in [0.1, 0.15) is 15.9 Å². The molecule has 1 amide bonds. The molecule has 0 saturated carbocycles. The number of fused-ring (bicyclic) bond motifs is 3. The van der Waals surface area contributed by atoms with Crippen molar-refractivity contribution >= 4 is 33.5 Å². The standard InChI is InChI=1S/C21H14F3NO3/c1-27-19-10-15-14-7-2-3-8-17(14)28-18(15)11-16(19)25-20(26)12-5-4-6-13(9-12)21(22,23)24/h2-11H,1H3,(H,25,26). The predicted octanol–water partition coefficient (Wildman–Crippen LogP) is 5.87. The van der Waals surface area contributed by atoms with Crippen LogP contribution in [0.2, 0.25) is 0 Å². The third-order valence-corrected chi connectivity index (χ3v) is 4.40. The molecule has 4 nitrogen and oxygen atoms in total. The summed E-state index contributed by atoms with van der Waals surface area (Å²) in [5.41, 5.74) is 0.514. The number of rotatable bonds is 3. The van der Waals surface area contributed by atoms with E-state index in [1.165, 1.54) is 19.2 Å². The number of alkyl halides is 3. The number of carbonyl (C=O) groups excluding carboxylic acids is 1. The zero-order valence-corrected chi connectivity index (χ0v) is 14.6. The number of carbonyl (C=O) groups is 1. The number of anilines is 1. The van der Waals surface area contributed by atoms with Crippen LogP contribution in [-0.2, 0) is 6.18 Å². The first-order chi connectivity index (χ1) is 13.4. The summed E-state index contributed by atoms with van der Waals surface area (Å²) in [6.07, 6.45) is -4.53. The van der Waals surface area contributed by atoms with E-state index >= 15 is 0 Å². The van der Waals surface area contributed by atoms with Gasteiger partial charge in [0.2, 0.25) is 0 Å². The molecule has 28 heavy (non-hydrogen) atoms. The van der Waals surface area contributed by atoms with Gasteiger partial charge in [-0.1, -0.05) is 24.3 Å². The van der Waals surface area contributed by atoms with Gasteiger partial charge in [-0.25, -0.2) is 0 Å². The number of hydrogen-bond donors (Lipinski definition) is 1. The molecule has 142 valence electrons. The monoisotopic (exact) mass is 385 g/mol. The Hall–Kier alpha value is -3.48. The molecule has 3 aromatic carbocycles. The molecule has 1 N–H and O–H groups in total. The number of hydrogen-bond acceptors (Lipinski definition) is 3. The summed E-state index contributed by atoms with van der Waals surface area (Å²) in [6.45, 7) is 0. The van der Waals surface area contributed by atoms with Gasteiger partial charge in [0.1, 0.15) is 16.9 Å². The molecular weight excluding hydrogens is 371 g/mol. The minimum Gasteiger partial charge on any atom is -0.495 e. The average Bonchev–Trinajstić information content (AvgIpc) is 3.04. The zero-order chi connectivity index (χ0) is 19.9. The van der Waals surface area contributed by atoms with Gasteiger partial charge < -0.3 is 14.5 Å². The summed E-state index contributed by atoms with van der Waals surface area (Å²) in [4.78, 5) is 12.5. The van der Waals surface area contributed by atoms with E-state index in [9.17, 15) is 18.0 Å². The molecule has 0 bridgehead atoms. The maximum atomic E-state index is 12.9. The van der Waals surface area contributed by atoms with Crippen molar-refractivity contribution in [1.29, 1.82) is 0 Å². The second kappa shape index (κ2) is 6.60. The second-order valence-electron chi connectivity index (χ2n) is 6.18. The van der Waals surface area contributed by atoms with E-state index in [0.29, 0.717) is 22.6 Å². The molecule has 0 radical (unpaired) electrons. The van der Waals surface area contributed by atoms with Crippen molar-refractivity contribution in [2.45, 2.75) is 6.18 Å². The molecule has 0 fully saturated rings. The van der Waals surface area contributed by atoms with E-state index in [0.717, 1.165) is 22.9 Å². The number of methoxy groups -OCH3 is 1. The highest BCUT2D eigenvalue weighted by Gasteiger charge is 2.31. The van der Waals surface area contributed by atoms with Crippen molar-refractivity contribution in [3.8, 4) is 5.75 Å². The molecule has 4 rings (SSSR count). The lowest BCUT2D eigenvalue weighted by Gasteiger charge is -2.12. The summed E-state index contributed by atoms with van der Waals surface area (Å²) in [7, 11) is 1.45. The van der Waals surface area contributed by atoms with Gasteiger partial charge in [-0.2, -0.15) is 13.2 Å². The Morgan fingerprint density at radius 2 is 1.75 bits per heavy atom. The quantitative estimate of drug-likeness (QED) is 0.480. The van der Waals surface area contributed by atoms with Crippen molar-refractivity contribution < 1.29 is 27.1 Å². The van der Waals surface area contributed by atoms with Crippen molar-refractivity contribution in [2.24, 2.45) is 0 Å². The smallest absolute Gasteiger partial charge is 0.416 e. The van der Waals surface area contributed by atoms with E-state index in [2.05, 4.69) is 5.32 Å². The minimum atomic E-state index is -4.53. The Labute approximate surface area is 157 Å². The first-order valence-corrected chi connectivity index (χ1v) is 8.35. The number of ether oxygens (including phenoxy) is 1. The molecule has 0 aliphatic heterocycles. The maximum absolute atomic E-state index is 12.9. The summed E-state index contributed by atoms with van der Waals surface area (Å²) < 4.78 is 49.8. The molecule has 0 aliphatic rings. The summed E-state index contributed by atoms with van der Waals surface area (Å²) in [6, 6.07) is 15.0. The van der Waals surface area contributed by atoms with Crippen molar-refractivity contribution in [3.63, 3.8) is 0 Å². The Bertz CT molecular complexity index is 1190. The first kappa shape index (κ1) is 17.9. The fraction of sp³-hybridized carbons (Fsp3) is 0.0952. The Morgan fingerprint density at radius 1 is 0.964 bits per heavy atom. The van der Waals surface area contributed by atoms with Crippen LogP contribution in [0.15, 0.2) is 65.1 Å². The third-order valence-electron chi connectivity index (χ3n) is 4.40. The fourth-order valence-electron chi connectivity index (χ4n) is 3.05. The third kappa shape index (κ3) is 3.15. The molecule has 4 aromatic rings. The Balaban J connectivity index is 1.73. The molecule has 0 saturated heterocycles. The van der Waals surface area contributed by atoms with Gasteiger partial charge >= 0.3 is 6.18 Å². The first-order valence-electron chi connectivity index (χ1n) is 8.35. The number of amides is 1. The highest BCUT2D eigenvalue weighted by molar-refractivity contribution is 6.10. The molecule has 0 spiro atoms. The lowest BCUT2D eigenvalue weighted by Crippen LogP contribution is -2.14. The summed E-state index contributed by atoms with van der Waals surface area (Å²) >= 11 is 0. The van der Waals surface area contributed by atoms with Gasteiger partial charge in [-0.05, 0) is 30.3 Å². The van der Waals surface area contributed by atoms with Crippen molar-refractivity contribution in [2.75, 3.05) is 12.4 Å². The normalized spacial score (nSPS) is 11.7. The van der Waals surface area contributed by atoms with Crippen molar-refractivity contribution in [3.05, 3.63) is 71.8 Å². The molecule has 1 heterocycles. The lowest BCUT2D eigenvalue weighted by atomic mass is 10.1. The Kier molecular flexibility index (Phi) is 4.22. The van der Waals surface area contributed by atoms with Gasteiger partial charge in [0, 0.05) is 22.4 Å². The SMILES string of the molecule is COc1cc2c(cc1NC(=O)c1cccc(C(F)(F)F)c1)oc1ccccc12. The number of para-hydroxylation sites is 1. The number of furan rings is 1. The topological polar surface area (TPSA) is 51.5 Å². The van der Waals surface area contributed by atoms with Crippen LogP contribution < -0.4 is 10.1 Å². The number of benzene rings is 3. The van der Waals surface area contributed by atoms with E-state index < -0.39 is 17.6 Å². The summed E-state index contributed by atoms with van der Waals surface area (Å²) in [5, 5.41) is 4.31. The van der Waals surface area contributed by atoms with Crippen LogP contribution in [0.25, 0.3) is 21.9 Å². The van der Waals surface area contributed by atoms with Gasteiger partial charge in [0.15, 0.2) is 0 Å². The van der Waals surface area contributed by atoms with Crippen LogP contribution in [-0.4, -0.2) is 13.0 Å². The molecule has 0 atom stereocenters. The maximum Gasteiger partial charge on any atom is 0.416 e. The van der Waals surface area contributed by atoms with Crippen LogP contribution >= 0.6 is 0 Å². The number of nitrogens with one attached hydrogen (secondary N) is 1. The summed E-state index contributed by atoms with van der Waals surface area (Å²) in [5.74, 6) is -0.306. The number of halogens is 3. The van der Waals surface area contributed by atoms with Gasteiger partial charge in [-0.3, -0.25) is 4.79 Å². The molecule has 0 aliphatic carbocycles. The molecule has 7 heteroatoms. The van der Waals surface area contributed by atoms with Crippen LogP contribution in [0.4, 0.5) is 18.9 Å². The van der Waals surface area contributed by atoms with E-state index in [4.69, 9.17) is 9.15 Å². The Morgan fingerprint density at radius 3 is 2.50 bits per heavy atom. The minimum absolute atomic E-state index is 0.110. The fourth-order valence-corrected chi connectivity index (χ4v) is 3.05.